The van der Waals surface area contributed by atoms with E-state index in [1.54, 1.807) is 41.2 Å². The summed E-state index contributed by atoms with van der Waals surface area (Å²) in [7, 11) is 0. The molecule has 0 aliphatic carbocycles. The summed E-state index contributed by atoms with van der Waals surface area (Å²) in [6.45, 7) is 0.227. The van der Waals surface area contributed by atoms with Crippen molar-refractivity contribution in [2.24, 2.45) is 0 Å². The van der Waals surface area contributed by atoms with Gasteiger partial charge < -0.3 is 10.6 Å². The molecule has 1 aromatic heterocycles. The fourth-order valence-corrected chi connectivity index (χ4v) is 2.74. The van der Waals surface area contributed by atoms with Gasteiger partial charge in [-0.25, -0.2) is 4.39 Å². The minimum absolute atomic E-state index is 0.227. The fraction of sp³-hybridized carbons (Fsp3) is 0.0588. The van der Waals surface area contributed by atoms with Gasteiger partial charge in [0.15, 0.2) is 10.9 Å². The third-order valence-electron chi connectivity index (χ3n) is 3.37. The van der Waals surface area contributed by atoms with Gasteiger partial charge in [0.25, 0.3) is 0 Å². The number of nitrogens with zero attached hydrogens (tertiary/aromatic N) is 2. The molecule has 128 valence electrons. The molecule has 8 heteroatoms. The molecular formula is C17H13Cl2FN4S. The van der Waals surface area contributed by atoms with E-state index in [4.69, 9.17) is 35.4 Å². The number of aromatic nitrogens is 2. The Bertz CT molecular complexity index is 876. The van der Waals surface area contributed by atoms with Gasteiger partial charge in [-0.3, -0.25) is 4.68 Å². The smallest absolute Gasteiger partial charge is 0.176 e. The van der Waals surface area contributed by atoms with Crippen LogP contribution < -0.4 is 10.6 Å². The molecule has 1 heterocycles. The van der Waals surface area contributed by atoms with Crippen LogP contribution in [0.5, 0.6) is 0 Å². The normalized spacial score (nSPS) is 10.5. The molecule has 0 amide bonds. The van der Waals surface area contributed by atoms with Crippen LogP contribution in [0.3, 0.4) is 0 Å². The van der Waals surface area contributed by atoms with E-state index in [9.17, 15) is 4.39 Å². The highest BCUT2D eigenvalue weighted by molar-refractivity contribution is 7.80. The van der Waals surface area contributed by atoms with Crippen LogP contribution in [0.25, 0.3) is 0 Å². The lowest BCUT2D eigenvalue weighted by molar-refractivity contribution is 0.586. The molecule has 0 bridgehead atoms. The predicted molar refractivity (Wildman–Crippen MR) is 104 cm³/mol. The van der Waals surface area contributed by atoms with E-state index in [-0.39, 0.29) is 12.4 Å². The van der Waals surface area contributed by atoms with Crippen LogP contribution >= 0.6 is 35.4 Å². The minimum atomic E-state index is -0.363. The van der Waals surface area contributed by atoms with Crippen molar-refractivity contribution in [1.29, 1.82) is 0 Å². The van der Waals surface area contributed by atoms with Gasteiger partial charge in [-0.2, -0.15) is 5.10 Å². The molecule has 0 spiro atoms. The van der Waals surface area contributed by atoms with Crippen molar-refractivity contribution in [3.63, 3.8) is 0 Å². The van der Waals surface area contributed by atoms with E-state index in [0.29, 0.717) is 26.5 Å². The van der Waals surface area contributed by atoms with E-state index in [0.717, 1.165) is 5.69 Å². The second-order valence-corrected chi connectivity index (χ2v) is 6.44. The molecule has 0 unspecified atom stereocenters. The monoisotopic (exact) mass is 394 g/mol. The Morgan fingerprint density at radius 3 is 2.56 bits per heavy atom. The second kappa shape index (κ2) is 7.82. The molecular weight excluding hydrogens is 382 g/mol. The van der Waals surface area contributed by atoms with Crippen molar-refractivity contribution in [1.82, 2.24) is 9.78 Å². The Labute approximate surface area is 159 Å². The Hall–Kier alpha value is -2.15. The third kappa shape index (κ3) is 4.69. The van der Waals surface area contributed by atoms with Crippen molar-refractivity contribution in [3.05, 3.63) is 76.2 Å². The summed E-state index contributed by atoms with van der Waals surface area (Å²) in [5.41, 5.74) is 1.19. The van der Waals surface area contributed by atoms with Crippen LogP contribution in [0.15, 0.2) is 54.7 Å². The number of thiocarbonyl (C=S) groups is 1. The average molecular weight is 395 g/mol. The van der Waals surface area contributed by atoms with Gasteiger partial charge in [0, 0.05) is 33.6 Å². The van der Waals surface area contributed by atoms with Crippen LogP contribution in [0.2, 0.25) is 10.0 Å². The summed E-state index contributed by atoms with van der Waals surface area (Å²) in [4.78, 5) is 0. The van der Waals surface area contributed by atoms with Crippen LogP contribution in [0, 0.1) is 5.82 Å². The number of nitrogens with one attached hydrogen (secondary N) is 2. The first-order chi connectivity index (χ1) is 12.0. The van der Waals surface area contributed by atoms with E-state index in [2.05, 4.69) is 15.7 Å². The Morgan fingerprint density at radius 1 is 1.08 bits per heavy atom. The molecule has 4 nitrogen and oxygen atoms in total. The van der Waals surface area contributed by atoms with E-state index >= 15 is 0 Å². The molecule has 0 radical (unpaired) electrons. The highest BCUT2D eigenvalue weighted by Gasteiger charge is 2.09. The van der Waals surface area contributed by atoms with Gasteiger partial charge in [-0.1, -0.05) is 29.3 Å². The van der Waals surface area contributed by atoms with Crippen molar-refractivity contribution < 1.29 is 4.39 Å². The first-order valence-corrected chi connectivity index (χ1v) is 8.47. The van der Waals surface area contributed by atoms with Gasteiger partial charge in [0.05, 0.1) is 6.54 Å². The third-order valence-corrected chi connectivity index (χ3v) is 4.18. The zero-order valence-corrected chi connectivity index (χ0v) is 15.2. The van der Waals surface area contributed by atoms with Gasteiger partial charge in [-0.15, -0.1) is 0 Å². The predicted octanol–water partition coefficient (Wildman–Crippen LogP) is 5.19. The molecule has 0 fully saturated rings. The zero-order chi connectivity index (χ0) is 17.8. The number of hydrogen-bond donors (Lipinski definition) is 2. The fourth-order valence-electron chi connectivity index (χ4n) is 2.17. The van der Waals surface area contributed by atoms with Crippen molar-refractivity contribution >= 4 is 52.0 Å². The SMILES string of the molecule is Fc1cccc(Cl)c1Cn1ccc(NC(=S)Nc2ccc(Cl)cc2)n1. The number of anilines is 2. The quantitative estimate of drug-likeness (QED) is 0.597. The summed E-state index contributed by atoms with van der Waals surface area (Å²) in [6, 6.07) is 13.5. The van der Waals surface area contributed by atoms with Crippen LogP contribution in [0.1, 0.15) is 5.56 Å². The summed E-state index contributed by atoms with van der Waals surface area (Å²) in [5, 5.41) is 11.7. The molecule has 0 aliphatic heterocycles. The van der Waals surface area contributed by atoms with Crippen molar-refractivity contribution in [2.75, 3.05) is 10.6 Å². The molecule has 0 saturated carbocycles. The number of halogens is 3. The lowest BCUT2D eigenvalue weighted by Gasteiger charge is -2.09. The largest absolute Gasteiger partial charge is 0.332 e. The molecule has 2 aromatic carbocycles. The van der Waals surface area contributed by atoms with Gasteiger partial charge in [-0.05, 0) is 48.6 Å². The van der Waals surface area contributed by atoms with Crippen LogP contribution in [0.4, 0.5) is 15.9 Å². The second-order valence-electron chi connectivity index (χ2n) is 5.18. The van der Waals surface area contributed by atoms with Crippen molar-refractivity contribution in [2.45, 2.75) is 6.54 Å². The van der Waals surface area contributed by atoms with E-state index in [1.807, 2.05) is 12.1 Å². The molecule has 0 saturated heterocycles. The molecule has 2 N–H and O–H groups in total. The number of hydrogen-bond acceptors (Lipinski definition) is 2. The van der Waals surface area contributed by atoms with Crippen molar-refractivity contribution in [3.8, 4) is 0 Å². The molecule has 25 heavy (non-hydrogen) atoms. The molecule has 0 atom stereocenters. The standard InChI is InChI=1S/C17H13Cl2FN4S/c18-11-4-6-12(7-5-11)21-17(25)22-16-8-9-24(23-16)10-13-14(19)2-1-3-15(13)20/h1-9H,10H2,(H2,21,22,23,25). The summed E-state index contributed by atoms with van der Waals surface area (Å²) < 4.78 is 15.4. The van der Waals surface area contributed by atoms with Gasteiger partial charge in [0.2, 0.25) is 0 Å². The molecule has 0 aliphatic rings. The first-order valence-electron chi connectivity index (χ1n) is 7.31. The maximum Gasteiger partial charge on any atom is 0.176 e. The number of rotatable bonds is 4. The topological polar surface area (TPSA) is 41.9 Å². The minimum Gasteiger partial charge on any atom is -0.332 e. The first kappa shape index (κ1) is 17.7. The maximum atomic E-state index is 13.8. The summed E-state index contributed by atoms with van der Waals surface area (Å²) in [5.74, 6) is 0.177. The number of benzene rings is 2. The lowest BCUT2D eigenvalue weighted by Crippen LogP contribution is -2.19. The summed E-state index contributed by atoms with van der Waals surface area (Å²) >= 11 is 17.1. The van der Waals surface area contributed by atoms with Crippen LogP contribution in [-0.2, 0) is 6.54 Å². The molecule has 3 aromatic rings. The average Bonchev–Trinajstić information content (AvgIpc) is 3.00. The lowest BCUT2D eigenvalue weighted by atomic mass is 10.2. The maximum absolute atomic E-state index is 13.8. The Kier molecular flexibility index (Phi) is 5.53. The van der Waals surface area contributed by atoms with Gasteiger partial charge in [0.1, 0.15) is 5.82 Å². The molecule has 3 rings (SSSR count). The highest BCUT2D eigenvalue weighted by Crippen LogP contribution is 2.20. The summed E-state index contributed by atoms with van der Waals surface area (Å²) in [6.07, 6.45) is 1.72. The van der Waals surface area contributed by atoms with Crippen LogP contribution in [-0.4, -0.2) is 14.9 Å². The zero-order valence-electron chi connectivity index (χ0n) is 12.8. The Morgan fingerprint density at radius 2 is 1.84 bits per heavy atom. The Balaban J connectivity index is 1.63. The highest BCUT2D eigenvalue weighted by atomic mass is 35.5. The van der Waals surface area contributed by atoms with E-state index in [1.165, 1.54) is 6.07 Å². The van der Waals surface area contributed by atoms with E-state index < -0.39 is 0 Å². The van der Waals surface area contributed by atoms with Gasteiger partial charge >= 0.3 is 0 Å².